The minimum absolute atomic E-state index is 0.0969. The Hall–Kier alpha value is -2.63. The van der Waals surface area contributed by atoms with Crippen molar-refractivity contribution in [3.8, 4) is 5.69 Å². The van der Waals surface area contributed by atoms with E-state index >= 15 is 0 Å². The molecule has 1 saturated heterocycles. The number of carboxylic acids is 1. The fraction of sp³-hybridized carbons (Fsp3) is 0.500. The molecule has 0 radical (unpaired) electrons. The quantitative estimate of drug-likeness (QED) is 0.870. The van der Waals surface area contributed by atoms with E-state index in [4.69, 9.17) is 0 Å². The van der Waals surface area contributed by atoms with Crippen LogP contribution in [0.5, 0.6) is 0 Å². The largest absolute Gasteiger partial charge is 0.478 e. The molecule has 1 aromatic carbocycles. The third-order valence-corrected chi connectivity index (χ3v) is 6.46. The molecule has 6 heteroatoms. The third-order valence-electron chi connectivity index (χ3n) is 6.46. The summed E-state index contributed by atoms with van der Waals surface area (Å²) >= 11 is 0. The van der Waals surface area contributed by atoms with Crippen LogP contribution in [0.25, 0.3) is 5.69 Å². The Morgan fingerprint density at radius 1 is 1.04 bits per heavy atom. The molecule has 2 fully saturated rings. The summed E-state index contributed by atoms with van der Waals surface area (Å²) in [6.45, 7) is 3.45. The number of carboxylic acid groups (broad SMARTS) is 1. The molecule has 1 aliphatic carbocycles. The Bertz CT molecular complexity index is 873. The summed E-state index contributed by atoms with van der Waals surface area (Å²) in [7, 11) is 0. The molecular formula is C22H27N3O3. The number of amides is 1. The van der Waals surface area contributed by atoms with Crippen LogP contribution in [0.2, 0.25) is 0 Å². The number of carbonyl (C=O) groups excluding carboxylic acids is 1. The molecule has 0 atom stereocenters. The van der Waals surface area contributed by atoms with Gasteiger partial charge in [-0.15, -0.1) is 0 Å². The van der Waals surface area contributed by atoms with Crippen LogP contribution in [0.4, 0.5) is 0 Å². The summed E-state index contributed by atoms with van der Waals surface area (Å²) in [6.07, 6.45) is 10.1. The average molecular weight is 381 g/mol. The molecule has 0 unspecified atom stereocenters. The summed E-state index contributed by atoms with van der Waals surface area (Å²) in [5, 5.41) is 13.4. The first-order valence-electron chi connectivity index (χ1n) is 10.2. The summed E-state index contributed by atoms with van der Waals surface area (Å²) in [5.41, 5.74) is 2.53. The number of rotatable bonds is 3. The zero-order chi connectivity index (χ0) is 19.7. The van der Waals surface area contributed by atoms with Gasteiger partial charge in [0.25, 0.3) is 5.91 Å². The van der Waals surface area contributed by atoms with Crippen LogP contribution in [0, 0.1) is 12.3 Å². The first-order chi connectivity index (χ1) is 13.5. The second kappa shape index (κ2) is 7.41. The van der Waals surface area contributed by atoms with Crippen LogP contribution in [0.3, 0.4) is 0 Å². The van der Waals surface area contributed by atoms with E-state index in [1.165, 1.54) is 44.7 Å². The molecule has 1 N–H and O–H groups in total. The fourth-order valence-corrected chi connectivity index (χ4v) is 4.90. The maximum Gasteiger partial charge on any atom is 0.339 e. The third kappa shape index (κ3) is 3.43. The van der Waals surface area contributed by atoms with Crippen LogP contribution in [-0.4, -0.2) is 44.8 Å². The maximum absolute atomic E-state index is 13.1. The van der Waals surface area contributed by atoms with Gasteiger partial charge in [0.15, 0.2) is 0 Å². The van der Waals surface area contributed by atoms with Crippen LogP contribution in [0.1, 0.15) is 71.4 Å². The van der Waals surface area contributed by atoms with Gasteiger partial charge in [-0.05, 0) is 62.3 Å². The van der Waals surface area contributed by atoms with E-state index in [9.17, 15) is 14.7 Å². The molecule has 1 amide bonds. The molecule has 1 spiro atoms. The SMILES string of the molecule is Cc1c(C(=O)O)cnn1-c1ccc(C(=O)N2CCCC3(CCCCC3)C2)cc1. The Kier molecular flexibility index (Phi) is 4.96. The van der Waals surface area contributed by atoms with Gasteiger partial charge in [0.2, 0.25) is 0 Å². The molecular weight excluding hydrogens is 354 g/mol. The number of carbonyl (C=O) groups is 2. The van der Waals surface area contributed by atoms with Crippen molar-refractivity contribution in [2.24, 2.45) is 5.41 Å². The number of hydrogen-bond donors (Lipinski definition) is 1. The van der Waals surface area contributed by atoms with Gasteiger partial charge in [-0.1, -0.05) is 19.3 Å². The zero-order valence-electron chi connectivity index (χ0n) is 16.4. The molecule has 4 rings (SSSR count). The van der Waals surface area contributed by atoms with Gasteiger partial charge < -0.3 is 10.0 Å². The van der Waals surface area contributed by atoms with E-state index in [1.54, 1.807) is 11.6 Å². The molecule has 2 heterocycles. The number of nitrogens with zero attached hydrogens (tertiary/aromatic N) is 3. The first kappa shape index (κ1) is 18.7. The Labute approximate surface area is 165 Å². The van der Waals surface area contributed by atoms with Crippen molar-refractivity contribution in [1.82, 2.24) is 14.7 Å². The lowest BCUT2D eigenvalue weighted by atomic mass is 9.69. The van der Waals surface area contributed by atoms with Crippen LogP contribution in [0.15, 0.2) is 30.5 Å². The standard InChI is InChI=1S/C22H27N3O3/c1-16-19(21(27)28)14-23-25(16)18-8-6-17(7-9-18)20(26)24-13-5-12-22(15-24)10-3-2-4-11-22/h6-9,14H,2-5,10-13,15H2,1H3,(H,27,28). The number of hydrogen-bond acceptors (Lipinski definition) is 3. The van der Waals surface area contributed by atoms with Gasteiger partial charge in [-0.25, -0.2) is 9.48 Å². The van der Waals surface area contributed by atoms with E-state index in [2.05, 4.69) is 5.10 Å². The summed E-state index contributed by atoms with van der Waals surface area (Å²) in [5.74, 6) is -0.892. The Morgan fingerprint density at radius 3 is 2.36 bits per heavy atom. The lowest BCUT2D eigenvalue weighted by molar-refractivity contribution is 0.0384. The predicted molar refractivity (Wildman–Crippen MR) is 106 cm³/mol. The van der Waals surface area contributed by atoms with E-state index in [1.807, 2.05) is 29.2 Å². The predicted octanol–water partition coefficient (Wildman–Crippen LogP) is 4.07. The van der Waals surface area contributed by atoms with Gasteiger partial charge in [0, 0.05) is 18.7 Å². The number of piperidine rings is 1. The Morgan fingerprint density at radius 2 is 1.71 bits per heavy atom. The fourth-order valence-electron chi connectivity index (χ4n) is 4.90. The minimum atomic E-state index is -0.989. The highest BCUT2D eigenvalue weighted by Crippen LogP contribution is 2.43. The highest BCUT2D eigenvalue weighted by Gasteiger charge is 2.38. The van der Waals surface area contributed by atoms with Gasteiger partial charge >= 0.3 is 5.97 Å². The monoisotopic (exact) mass is 381 g/mol. The van der Waals surface area contributed by atoms with E-state index in [0.717, 1.165) is 25.2 Å². The summed E-state index contributed by atoms with van der Waals surface area (Å²) < 4.78 is 1.59. The van der Waals surface area contributed by atoms with Gasteiger partial charge in [0.05, 0.1) is 17.6 Å². The van der Waals surface area contributed by atoms with Crippen LogP contribution in [-0.2, 0) is 0 Å². The number of likely N-dealkylation sites (tertiary alicyclic amines) is 1. The minimum Gasteiger partial charge on any atom is -0.478 e. The second-order valence-electron chi connectivity index (χ2n) is 8.30. The molecule has 148 valence electrons. The highest BCUT2D eigenvalue weighted by molar-refractivity contribution is 5.94. The normalized spacial score (nSPS) is 19.0. The van der Waals surface area contributed by atoms with Crippen molar-refractivity contribution in [2.75, 3.05) is 13.1 Å². The molecule has 28 heavy (non-hydrogen) atoms. The van der Waals surface area contributed by atoms with Crippen molar-refractivity contribution in [2.45, 2.75) is 51.9 Å². The maximum atomic E-state index is 13.1. The molecule has 1 aliphatic heterocycles. The molecule has 1 saturated carbocycles. The Balaban J connectivity index is 1.50. The smallest absolute Gasteiger partial charge is 0.339 e. The lowest BCUT2D eigenvalue weighted by Gasteiger charge is -2.45. The topological polar surface area (TPSA) is 75.4 Å². The molecule has 0 bridgehead atoms. The molecule has 2 aromatic rings. The zero-order valence-corrected chi connectivity index (χ0v) is 16.4. The summed E-state index contributed by atoms with van der Waals surface area (Å²) in [6, 6.07) is 7.31. The highest BCUT2D eigenvalue weighted by atomic mass is 16.4. The van der Waals surface area contributed by atoms with Crippen molar-refractivity contribution in [3.63, 3.8) is 0 Å². The number of aromatic carboxylic acids is 1. The summed E-state index contributed by atoms with van der Waals surface area (Å²) in [4.78, 5) is 26.3. The van der Waals surface area contributed by atoms with Gasteiger partial charge in [-0.3, -0.25) is 4.79 Å². The van der Waals surface area contributed by atoms with E-state index < -0.39 is 5.97 Å². The van der Waals surface area contributed by atoms with E-state index in [-0.39, 0.29) is 11.5 Å². The van der Waals surface area contributed by atoms with Crippen molar-refractivity contribution >= 4 is 11.9 Å². The first-order valence-corrected chi connectivity index (χ1v) is 10.2. The molecule has 6 nitrogen and oxygen atoms in total. The second-order valence-corrected chi connectivity index (χ2v) is 8.30. The van der Waals surface area contributed by atoms with Crippen molar-refractivity contribution < 1.29 is 14.7 Å². The van der Waals surface area contributed by atoms with Crippen molar-refractivity contribution in [1.29, 1.82) is 0 Å². The molecule has 1 aromatic heterocycles. The average Bonchev–Trinajstić information content (AvgIpc) is 3.10. The number of benzene rings is 1. The van der Waals surface area contributed by atoms with Gasteiger partial charge in [0.1, 0.15) is 5.56 Å². The number of aromatic nitrogens is 2. The van der Waals surface area contributed by atoms with Gasteiger partial charge in [-0.2, -0.15) is 5.10 Å². The van der Waals surface area contributed by atoms with E-state index in [0.29, 0.717) is 16.7 Å². The molecule has 2 aliphatic rings. The lowest BCUT2D eigenvalue weighted by Crippen LogP contribution is -2.46. The van der Waals surface area contributed by atoms with Crippen molar-refractivity contribution in [3.05, 3.63) is 47.3 Å². The van der Waals surface area contributed by atoms with Crippen LogP contribution < -0.4 is 0 Å². The van der Waals surface area contributed by atoms with Crippen LogP contribution >= 0.6 is 0 Å².